The van der Waals surface area contributed by atoms with Crippen molar-refractivity contribution in [1.29, 1.82) is 0 Å². The van der Waals surface area contributed by atoms with E-state index in [0.717, 1.165) is 28.5 Å². The molecule has 28 heavy (non-hydrogen) atoms. The van der Waals surface area contributed by atoms with Crippen molar-refractivity contribution in [3.63, 3.8) is 0 Å². The molecule has 142 valence electrons. The molecule has 3 aromatic rings. The monoisotopic (exact) mass is 411 g/mol. The molecule has 3 heterocycles. The Labute approximate surface area is 171 Å². The maximum absolute atomic E-state index is 5.98. The Morgan fingerprint density at radius 1 is 1.21 bits per heavy atom. The Balaban J connectivity index is 1.34. The van der Waals surface area contributed by atoms with Gasteiger partial charge in [0, 0.05) is 24.7 Å². The lowest BCUT2D eigenvalue weighted by atomic mass is 10.1. The van der Waals surface area contributed by atoms with Gasteiger partial charge in [-0.25, -0.2) is 4.98 Å². The summed E-state index contributed by atoms with van der Waals surface area (Å²) in [4.78, 5) is 8.81. The molecule has 0 amide bonds. The van der Waals surface area contributed by atoms with Gasteiger partial charge in [-0.1, -0.05) is 58.9 Å². The fourth-order valence-electron chi connectivity index (χ4n) is 3.47. The first-order chi connectivity index (χ1) is 13.7. The molecule has 0 saturated heterocycles. The molecule has 8 heteroatoms. The molecule has 2 aromatic heterocycles. The van der Waals surface area contributed by atoms with Gasteiger partial charge in [0.15, 0.2) is 5.82 Å². The van der Waals surface area contributed by atoms with Gasteiger partial charge in [-0.15, -0.1) is 0 Å². The van der Waals surface area contributed by atoms with Gasteiger partial charge in [-0.2, -0.15) is 4.98 Å². The Hall–Kier alpha value is -2.51. The molecule has 2 aliphatic rings. The third-order valence-electron chi connectivity index (χ3n) is 5.05. The SMILES string of the molecule is Cn1cnc(-c2ccc([C@H]3C[C@@H]3c3ncon3)cc2)c1SC1C=CC(Cl)=CN1. The molecule has 1 fully saturated rings. The summed E-state index contributed by atoms with van der Waals surface area (Å²) < 4.78 is 6.92. The van der Waals surface area contributed by atoms with Crippen molar-refractivity contribution in [2.45, 2.75) is 28.7 Å². The second-order valence-electron chi connectivity index (χ2n) is 6.96. The van der Waals surface area contributed by atoms with Gasteiger partial charge in [0.2, 0.25) is 6.39 Å². The molecule has 0 radical (unpaired) electrons. The van der Waals surface area contributed by atoms with Crippen molar-refractivity contribution in [3.8, 4) is 11.3 Å². The predicted molar refractivity (Wildman–Crippen MR) is 109 cm³/mol. The van der Waals surface area contributed by atoms with Crippen LogP contribution in [0.1, 0.15) is 29.6 Å². The van der Waals surface area contributed by atoms with Gasteiger partial charge >= 0.3 is 0 Å². The van der Waals surface area contributed by atoms with Gasteiger partial charge in [-0.3, -0.25) is 0 Å². The molecule has 1 saturated carbocycles. The van der Waals surface area contributed by atoms with Crippen LogP contribution in [0.5, 0.6) is 0 Å². The molecule has 3 atom stereocenters. The molecule has 0 spiro atoms. The van der Waals surface area contributed by atoms with E-state index < -0.39 is 0 Å². The van der Waals surface area contributed by atoms with Crippen LogP contribution in [0.25, 0.3) is 11.3 Å². The Morgan fingerprint density at radius 3 is 2.79 bits per heavy atom. The van der Waals surface area contributed by atoms with Crippen LogP contribution in [0, 0.1) is 0 Å². The van der Waals surface area contributed by atoms with Crippen molar-refractivity contribution in [2.75, 3.05) is 0 Å². The van der Waals surface area contributed by atoms with Crippen LogP contribution in [0.2, 0.25) is 0 Å². The molecule has 1 unspecified atom stereocenters. The van der Waals surface area contributed by atoms with Crippen molar-refractivity contribution < 1.29 is 4.52 Å². The van der Waals surface area contributed by atoms with E-state index in [1.807, 2.05) is 25.7 Å². The summed E-state index contributed by atoms with van der Waals surface area (Å²) in [7, 11) is 2.02. The van der Waals surface area contributed by atoms with E-state index in [-0.39, 0.29) is 5.37 Å². The fraction of sp³-hybridized carbons (Fsp3) is 0.250. The average Bonchev–Trinajstić information content (AvgIpc) is 3.15. The summed E-state index contributed by atoms with van der Waals surface area (Å²) in [6.07, 6.45) is 10.1. The minimum absolute atomic E-state index is 0.123. The fourth-order valence-corrected chi connectivity index (χ4v) is 4.64. The van der Waals surface area contributed by atoms with Gasteiger partial charge < -0.3 is 14.4 Å². The highest BCUT2D eigenvalue weighted by atomic mass is 35.5. The highest BCUT2D eigenvalue weighted by molar-refractivity contribution is 8.00. The molecular weight excluding hydrogens is 394 g/mol. The number of allylic oxidation sites excluding steroid dienone is 2. The van der Waals surface area contributed by atoms with Crippen LogP contribution in [-0.2, 0) is 7.05 Å². The molecule has 1 aliphatic heterocycles. The number of benzene rings is 1. The van der Waals surface area contributed by atoms with Gasteiger partial charge in [-0.05, 0) is 24.0 Å². The predicted octanol–water partition coefficient (Wildman–Crippen LogP) is 4.40. The highest BCUT2D eigenvalue weighted by Gasteiger charge is 2.42. The smallest absolute Gasteiger partial charge is 0.213 e. The molecule has 1 N–H and O–H groups in total. The zero-order chi connectivity index (χ0) is 19.1. The second kappa shape index (κ2) is 7.14. The average molecular weight is 412 g/mol. The number of rotatable bonds is 5. The van der Waals surface area contributed by atoms with Crippen molar-refractivity contribution in [3.05, 3.63) is 71.8 Å². The number of nitrogens with zero attached hydrogens (tertiary/aromatic N) is 4. The minimum atomic E-state index is 0.123. The van der Waals surface area contributed by atoms with Gasteiger partial charge in [0.05, 0.1) is 16.7 Å². The van der Waals surface area contributed by atoms with Crippen molar-refractivity contribution >= 4 is 23.4 Å². The first kappa shape index (κ1) is 17.6. The summed E-state index contributed by atoms with van der Waals surface area (Å²) in [5, 5.41) is 9.19. The maximum atomic E-state index is 5.98. The molecule has 6 nitrogen and oxygen atoms in total. The van der Waals surface area contributed by atoms with Crippen molar-refractivity contribution in [2.24, 2.45) is 7.05 Å². The number of hydrogen-bond donors (Lipinski definition) is 1. The molecule has 0 bridgehead atoms. The zero-order valence-corrected chi connectivity index (χ0v) is 16.7. The Kier molecular flexibility index (Phi) is 4.49. The first-order valence-corrected chi connectivity index (χ1v) is 10.3. The van der Waals surface area contributed by atoms with Crippen LogP contribution >= 0.6 is 23.4 Å². The largest absolute Gasteiger partial charge is 0.374 e. The maximum Gasteiger partial charge on any atom is 0.213 e. The Morgan fingerprint density at radius 2 is 2.07 bits per heavy atom. The molecule has 1 aliphatic carbocycles. The molecular formula is C20H18ClN5OS. The summed E-state index contributed by atoms with van der Waals surface area (Å²) in [6.45, 7) is 0. The topological polar surface area (TPSA) is 68.8 Å². The van der Waals surface area contributed by atoms with E-state index in [9.17, 15) is 0 Å². The van der Waals surface area contributed by atoms with Gasteiger partial charge in [0.1, 0.15) is 10.7 Å². The lowest BCUT2D eigenvalue weighted by Crippen LogP contribution is -2.20. The first-order valence-electron chi connectivity index (χ1n) is 9.03. The van der Waals surface area contributed by atoms with Crippen LogP contribution in [0.4, 0.5) is 0 Å². The number of halogens is 1. The normalized spacial score (nSPS) is 23.4. The zero-order valence-electron chi connectivity index (χ0n) is 15.1. The standard InChI is InChI=1S/C20H18ClN5OS/c1-26-10-23-18(20(26)28-17-7-6-14(21)9-22-17)13-4-2-12(3-5-13)15-8-16(15)19-24-11-27-25-19/h2-7,9-11,15-17,22H,8H2,1H3/t15-,16+,17?/m1/s1. The molecule has 5 rings (SSSR count). The van der Waals surface area contributed by atoms with E-state index >= 15 is 0 Å². The third kappa shape index (κ3) is 3.36. The van der Waals surface area contributed by atoms with Crippen molar-refractivity contribution in [1.82, 2.24) is 25.0 Å². The summed E-state index contributed by atoms with van der Waals surface area (Å²) >= 11 is 7.70. The second-order valence-corrected chi connectivity index (χ2v) is 8.53. The van der Waals surface area contributed by atoms with E-state index in [2.05, 4.69) is 55.3 Å². The van der Waals surface area contributed by atoms with Gasteiger partial charge in [0.25, 0.3) is 0 Å². The Bertz CT molecular complexity index is 1040. The lowest BCUT2D eigenvalue weighted by Gasteiger charge is -2.17. The highest BCUT2D eigenvalue weighted by Crippen LogP contribution is 2.53. The quantitative estimate of drug-likeness (QED) is 0.671. The number of nitrogens with one attached hydrogen (secondary N) is 1. The van der Waals surface area contributed by atoms with E-state index in [1.54, 1.807) is 11.8 Å². The van der Waals surface area contributed by atoms with Crippen LogP contribution < -0.4 is 5.32 Å². The number of dihydropyridines is 1. The number of aromatic nitrogens is 4. The lowest BCUT2D eigenvalue weighted by molar-refractivity contribution is 0.410. The van der Waals surface area contributed by atoms with Crippen LogP contribution in [0.3, 0.4) is 0 Å². The number of aryl methyl sites for hydroxylation is 1. The van der Waals surface area contributed by atoms with E-state index in [1.165, 1.54) is 12.0 Å². The summed E-state index contributed by atoms with van der Waals surface area (Å²) in [6, 6.07) is 8.66. The number of imidazole rings is 1. The van der Waals surface area contributed by atoms with Crippen LogP contribution in [0.15, 0.2) is 69.9 Å². The number of thioether (sulfide) groups is 1. The van der Waals surface area contributed by atoms with E-state index in [0.29, 0.717) is 16.9 Å². The molecule has 1 aromatic carbocycles. The van der Waals surface area contributed by atoms with E-state index in [4.69, 9.17) is 16.1 Å². The summed E-state index contributed by atoms with van der Waals surface area (Å²) in [5.74, 6) is 1.65. The summed E-state index contributed by atoms with van der Waals surface area (Å²) in [5.41, 5.74) is 3.40. The minimum Gasteiger partial charge on any atom is -0.374 e. The van der Waals surface area contributed by atoms with Crippen LogP contribution in [-0.4, -0.2) is 25.1 Å². The third-order valence-corrected chi connectivity index (χ3v) is 6.54. The number of hydrogen-bond acceptors (Lipinski definition) is 6.